The third-order valence-electron chi connectivity index (χ3n) is 6.02. The second-order valence-electron chi connectivity index (χ2n) is 8.54. The third-order valence-corrected chi connectivity index (χ3v) is 7.20. The summed E-state index contributed by atoms with van der Waals surface area (Å²) in [6, 6.07) is 15.1. The van der Waals surface area contributed by atoms with Crippen LogP contribution in [0.3, 0.4) is 0 Å². The monoisotopic (exact) mass is 642 g/mol. The van der Waals surface area contributed by atoms with E-state index >= 15 is 0 Å². The van der Waals surface area contributed by atoms with Crippen molar-refractivity contribution in [1.82, 2.24) is 9.66 Å². The Hall–Kier alpha value is -3.57. The van der Waals surface area contributed by atoms with Crippen molar-refractivity contribution >= 4 is 54.7 Å². The number of halogens is 2. The van der Waals surface area contributed by atoms with Gasteiger partial charge in [-0.05, 0) is 70.4 Å². The fraction of sp³-hybridized carbons (Fsp3) is 0.222. The molecule has 196 valence electrons. The normalized spacial score (nSPS) is 12.1. The van der Waals surface area contributed by atoms with Crippen molar-refractivity contribution in [2.45, 2.75) is 32.8 Å². The Kier molecular flexibility index (Phi) is 8.58. The summed E-state index contributed by atoms with van der Waals surface area (Å²) in [5.41, 5.74) is 1.82. The van der Waals surface area contributed by atoms with Crippen LogP contribution >= 0.6 is 31.9 Å². The second kappa shape index (κ2) is 11.9. The summed E-state index contributed by atoms with van der Waals surface area (Å²) in [6.45, 7) is 4.24. The van der Waals surface area contributed by atoms with Gasteiger partial charge in [0.15, 0.2) is 11.5 Å². The minimum atomic E-state index is -0.446. The SMILES string of the molecule is CC[C@@H](C)c1nc2ccc(Br)cc2c(=O)n1N=Cc1cc(OC)c(OCc2ccc([N+](=O)[O-])cc2)cc1Br. The number of benzene rings is 3. The molecule has 0 aliphatic carbocycles. The molecule has 0 N–H and O–H groups in total. The molecule has 11 heteroatoms. The van der Waals surface area contributed by atoms with Crippen LogP contribution in [-0.4, -0.2) is 27.9 Å². The van der Waals surface area contributed by atoms with Crippen molar-refractivity contribution in [2.24, 2.45) is 5.10 Å². The van der Waals surface area contributed by atoms with E-state index in [1.807, 2.05) is 26.0 Å². The molecule has 0 radical (unpaired) electrons. The van der Waals surface area contributed by atoms with E-state index in [1.54, 1.807) is 36.5 Å². The van der Waals surface area contributed by atoms with Crippen molar-refractivity contribution in [3.63, 3.8) is 0 Å². The lowest BCUT2D eigenvalue weighted by atomic mass is 10.1. The summed E-state index contributed by atoms with van der Waals surface area (Å²) in [6.07, 6.45) is 2.37. The largest absolute Gasteiger partial charge is 0.493 e. The maximum absolute atomic E-state index is 13.4. The van der Waals surface area contributed by atoms with Crippen molar-refractivity contribution < 1.29 is 14.4 Å². The zero-order valence-corrected chi connectivity index (χ0v) is 24.0. The summed E-state index contributed by atoms with van der Waals surface area (Å²) in [5, 5.41) is 15.9. The van der Waals surface area contributed by atoms with Gasteiger partial charge >= 0.3 is 0 Å². The van der Waals surface area contributed by atoms with Crippen LogP contribution in [0, 0.1) is 10.1 Å². The standard InChI is InChI=1S/C27H24Br2N4O5/c1-4-16(2)26-31-23-10-7-19(28)12-21(23)27(34)32(26)30-14-18-11-24(37-3)25(13-22(18)29)38-15-17-5-8-20(9-6-17)33(35)36/h5-14,16H,4,15H2,1-3H3/t16-/m1/s1. The first-order valence-corrected chi connectivity index (χ1v) is 13.3. The Morgan fingerprint density at radius 2 is 1.87 bits per heavy atom. The van der Waals surface area contributed by atoms with Gasteiger partial charge in [-0.2, -0.15) is 9.78 Å². The average molecular weight is 644 g/mol. The first-order chi connectivity index (χ1) is 18.2. The molecule has 0 fully saturated rings. The molecule has 0 bridgehead atoms. The van der Waals surface area contributed by atoms with Crippen LogP contribution in [-0.2, 0) is 6.61 Å². The molecule has 0 aliphatic rings. The van der Waals surface area contributed by atoms with Crippen LogP contribution in [0.15, 0.2) is 73.4 Å². The maximum atomic E-state index is 13.4. The molecule has 9 nitrogen and oxygen atoms in total. The first kappa shape index (κ1) is 27.5. The zero-order valence-electron chi connectivity index (χ0n) is 20.9. The summed E-state index contributed by atoms with van der Waals surface area (Å²) in [5.74, 6) is 1.53. The van der Waals surface area contributed by atoms with Gasteiger partial charge in [0.2, 0.25) is 0 Å². The van der Waals surface area contributed by atoms with E-state index in [2.05, 4.69) is 37.0 Å². The van der Waals surface area contributed by atoms with Gasteiger partial charge in [0.25, 0.3) is 11.2 Å². The van der Waals surface area contributed by atoms with Gasteiger partial charge in [0.1, 0.15) is 12.4 Å². The number of nitrogens with zero attached hydrogens (tertiary/aromatic N) is 4. The number of nitro benzene ring substituents is 1. The third kappa shape index (κ3) is 5.94. The highest BCUT2D eigenvalue weighted by atomic mass is 79.9. The Labute approximate surface area is 235 Å². The van der Waals surface area contributed by atoms with Gasteiger partial charge in [-0.25, -0.2) is 4.98 Å². The second-order valence-corrected chi connectivity index (χ2v) is 10.3. The molecule has 0 amide bonds. The van der Waals surface area contributed by atoms with Crippen LogP contribution in [0.1, 0.15) is 43.1 Å². The predicted octanol–water partition coefficient (Wildman–Crippen LogP) is 6.81. The van der Waals surface area contributed by atoms with Crippen LogP contribution in [0.4, 0.5) is 5.69 Å². The Morgan fingerprint density at radius 3 is 2.53 bits per heavy atom. The average Bonchev–Trinajstić information content (AvgIpc) is 2.92. The highest BCUT2D eigenvalue weighted by molar-refractivity contribution is 9.10. The van der Waals surface area contributed by atoms with E-state index in [9.17, 15) is 14.9 Å². The number of fused-ring (bicyclic) bond motifs is 1. The highest BCUT2D eigenvalue weighted by Crippen LogP contribution is 2.33. The predicted molar refractivity (Wildman–Crippen MR) is 154 cm³/mol. The number of hydrogen-bond acceptors (Lipinski definition) is 7. The van der Waals surface area contributed by atoms with Crippen LogP contribution in [0.2, 0.25) is 0 Å². The molecule has 0 saturated carbocycles. The molecule has 4 aromatic rings. The van der Waals surface area contributed by atoms with Gasteiger partial charge < -0.3 is 9.47 Å². The van der Waals surface area contributed by atoms with Crippen LogP contribution in [0.25, 0.3) is 10.9 Å². The molecule has 1 aromatic heterocycles. The van der Waals surface area contributed by atoms with Gasteiger partial charge in [0.05, 0.1) is 29.2 Å². The van der Waals surface area contributed by atoms with Gasteiger partial charge in [-0.3, -0.25) is 14.9 Å². The van der Waals surface area contributed by atoms with Crippen molar-refractivity contribution in [1.29, 1.82) is 0 Å². The van der Waals surface area contributed by atoms with Crippen molar-refractivity contribution in [3.05, 3.63) is 101 Å². The number of methoxy groups -OCH3 is 1. The molecule has 0 aliphatic heterocycles. The molecule has 0 unspecified atom stereocenters. The highest BCUT2D eigenvalue weighted by Gasteiger charge is 2.16. The lowest BCUT2D eigenvalue weighted by Crippen LogP contribution is -2.23. The van der Waals surface area contributed by atoms with E-state index in [0.717, 1.165) is 16.5 Å². The molecule has 0 saturated heterocycles. The van der Waals surface area contributed by atoms with Crippen molar-refractivity contribution in [2.75, 3.05) is 7.11 Å². The smallest absolute Gasteiger partial charge is 0.282 e. The number of rotatable bonds is 9. The number of aromatic nitrogens is 2. The number of non-ortho nitro benzene ring substituents is 1. The summed E-state index contributed by atoms with van der Waals surface area (Å²) < 4.78 is 14.2. The van der Waals surface area contributed by atoms with E-state index in [1.165, 1.54) is 23.9 Å². The minimum Gasteiger partial charge on any atom is -0.493 e. The summed E-state index contributed by atoms with van der Waals surface area (Å²) in [7, 11) is 1.53. The van der Waals surface area contributed by atoms with Gasteiger partial charge in [0, 0.05) is 32.6 Å². The minimum absolute atomic E-state index is 0.0149. The Balaban J connectivity index is 1.66. The van der Waals surface area contributed by atoms with Crippen LogP contribution < -0.4 is 15.0 Å². The molecule has 1 atom stereocenters. The number of ether oxygens (including phenoxy) is 2. The molecule has 38 heavy (non-hydrogen) atoms. The lowest BCUT2D eigenvalue weighted by molar-refractivity contribution is -0.384. The Bertz CT molecular complexity index is 1590. The molecule has 4 rings (SSSR count). The topological polar surface area (TPSA) is 109 Å². The summed E-state index contributed by atoms with van der Waals surface area (Å²) in [4.78, 5) is 28.5. The fourth-order valence-electron chi connectivity index (χ4n) is 3.70. The van der Waals surface area contributed by atoms with Crippen molar-refractivity contribution in [3.8, 4) is 11.5 Å². The van der Waals surface area contributed by atoms with E-state index in [4.69, 9.17) is 14.5 Å². The fourth-order valence-corrected chi connectivity index (χ4v) is 4.48. The van der Waals surface area contributed by atoms with Crippen LogP contribution in [0.5, 0.6) is 11.5 Å². The quantitative estimate of drug-likeness (QED) is 0.113. The lowest BCUT2D eigenvalue weighted by Gasteiger charge is -2.15. The molecular formula is C27H24Br2N4O5. The first-order valence-electron chi connectivity index (χ1n) is 11.7. The summed E-state index contributed by atoms with van der Waals surface area (Å²) >= 11 is 6.98. The molecular weight excluding hydrogens is 620 g/mol. The van der Waals surface area contributed by atoms with E-state index < -0.39 is 4.92 Å². The van der Waals surface area contributed by atoms with E-state index in [0.29, 0.717) is 38.3 Å². The Morgan fingerprint density at radius 1 is 1.13 bits per heavy atom. The van der Waals surface area contributed by atoms with Gasteiger partial charge in [-0.1, -0.05) is 29.8 Å². The number of hydrogen-bond donors (Lipinski definition) is 0. The maximum Gasteiger partial charge on any atom is 0.282 e. The van der Waals surface area contributed by atoms with E-state index in [-0.39, 0.29) is 23.8 Å². The zero-order chi connectivity index (χ0) is 27.4. The number of nitro groups is 1. The van der Waals surface area contributed by atoms with Gasteiger partial charge in [-0.15, -0.1) is 0 Å². The molecule has 0 spiro atoms. The molecule has 3 aromatic carbocycles. The molecule has 1 heterocycles.